The highest BCUT2D eigenvalue weighted by molar-refractivity contribution is 4.99. The minimum atomic E-state index is 0.556. The first kappa shape index (κ1) is 10.7. The van der Waals surface area contributed by atoms with Gasteiger partial charge in [-0.05, 0) is 17.8 Å². The summed E-state index contributed by atoms with van der Waals surface area (Å²) in [6.07, 6.45) is 1.92. The average molecular weight is 221 g/mol. The van der Waals surface area contributed by atoms with Crippen LogP contribution in [0.15, 0.2) is 12.3 Å². The van der Waals surface area contributed by atoms with Crippen LogP contribution in [-0.4, -0.2) is 36.5 Å². The molecular formula is C9H15N7. The van der Waals surface area contributed by atoms with Crippen LogP contribution in [0.2, 0.25) is 0 Å². The average Bonchev–Trinajstić information content (AvgIpc) is 2.86. The van der Waals surface area contributed by atoms with Gasteiger partial charge in [-0.3, -0.25) is 4.68 Å². The Balaban J connectivity index is 1.97. The third kappa shape index (κ3) is 2.63. The van der Waals surface area contributed by atoms with Crippen LogP contribution in [-0.2, 0) is 20.1 Å². The number of tetrazole rings is 1. The maximum atomic E-state index is 4.39. The summed E-state index contributed by atoms with van der Waals surface area (Å²) in [7, 11) is 1.75. The molecule has 1 N–H and O–H groups in total. The van der Waals surface area contributed by atoms with Gasteiger partial charge in [0.2, 0.25) is 0 Å². The Morgan fingerprint density at radius 2 is 2.25 bits per heavy atom. The highest BCUT2D eigenvalue weighted by Crippen LogP contribution is 1.97. The van der Waals surface area contributed by atoms with Gasteiger partial charge < -0.3 is 5.32 Å². The normalized spacial score (nSPS) is 10.9. The molecule has 2 heterocycles. The van der Waals surface area contributed by atoms with E-state index in [4.69, 9.17) is 0 Å². The second-order valence-corrected chi connectivity index (χ2v) is 3.48. The molecule has 2 rings (SSSR count). The van der Waals surface area contributed by atoms with E-state index in [-0.39, 0.29) is 0 Å². The fourth-order valence-electron chi connectivity index (χ4n) is 1.37. The smallest absolute Gasteiger partial charge is 0.196 e. The molecule has 0 atom stereocenters. The van der Waals surface area contributed by atoms with E-state index >= 15 is 0 Å². The van der Waals surface area contributed by atoms with Crippen molar-refractivity contribution in [3.8, 4) is 0 Å². The van der Waals surface area contributed by atoms with Gasteiger partial charge in [0, 0.05) is 12.7 Å². The molecule has 2 aromatic rings. The number of aryl methyl sites for hydroxylation is 1. The highest BCUT2D eigenvalue weighted by Gasteiger charge is 2.03. The summed E-state index contributed by atoms with van der Waals surface area (Å²) < 4.78 is 1.81. The molecule has 0 aromatic carbocycles. The summed E-state index contributed by atoms with van der Waals surface area (Å²) in [5.74, 6) is 0.667. The molecule has 0 radical (unpaired) electrons. The number of hydrogen-bond donors (Lipinski definition) is 1. The minimum Gasteiger partial charge on any atom is -0.311 e. The van der Waals surface area contributed by atoms with Crippen molar-refractivity contribution in [2.75, 3.05) is 6.54 Å². The minimum absolute atomic E-state index is 0.556. The van der Waals surface area contributed by atoms with Crippen LogP contribution < -0.4 is 5.32 Å². The fourth-order valence-corrected chi connectivity index (χ4v) is 1.37. The maximum Gasteiger partial charge on any atom is 0.196 e. The van der Waals surface area contributed by atoms with Crippen molar-refractivity contribution in [1.82, 2.24) is 35.3 Å². The summed E-state index contributed by atoms with van der Waals surface area (Å²) in [6, 6.07) is 1.99. The molecule has 7 heteroatoms. The van der Waals surface area contributed by atoms with E-state index in [1.54, 1.807) is 7.05 Å². The van der Waals surface area contributed by atoms with Gasteiger partial charge in [0.1, 0.15) is 6.54 Å². The van der Waals surface area contributed by atoms with Crippen molar-refractivity contribution in [1.29, 1.82) is 0 Å². The van der Waals surface area contributed by atoms with E-state index in [0.717, 1.165) is 18.8 Å². The second-order valence-electron chi connectivity index (χ2n) is 3.48. The monoisotopic (exact) mass is 221 g/mol. The van der Waals surface area contributed by atoms with Gasteiger partial charge in [-0.1, -0.05) is 6.92 Å². The lowest BCUT2D eigenvalue weighted by Crippen LogP contribution is -2.12. The summed E-state index contributed by atoms with van der Waals surface area (Å²) in [5, 5.41) is 19.4. The molecule has 16 heavy (non-hydrogen) atoms. The zero-order valence-electron chi connectivity index (χ0n) is 9.46. The topological polar surface area (TPSA) is 73.5 Å². The highest BCUT2D eigenvalue weighted by atomic mass is 15.6. The Morgan fingerprint density at radius 1 is 1.38 bits per heavy atom. The Hall–Kier alpha value is -1.76. The summed E-state index contributed by atoms with van der Waals surface area (Å²) >= 11 is 0. The van der Waals surface area contributed by atoms with Gasteiger partial charge in [0.25, 0.3) is 0 Å². The third-order valence-corrected chi connectivity index (χ3v) is 2.11. The predicted octanol–water partition coefficient (Wildman–Crippen LogP) is -0.436. The number of hydrogen-bond acceptors (Lipinski definition) is 5. The van der Waals surface area contributed by atoms with Crippen LogP contribution in [0.4, 0.5) is 0 Å². The lowest BCUT2D eigenvalue weighted by atomic mass is 10.4. The van der Waals surface area contributed by atoms with Gasteiger partial charge in [0.05, 0.1) is 12.7 Å². The molecule has 0 saturated heterocycles. The van der Waals surface area contributed by atoms with Gasteiger partial charge in [0.15, 0.2) is 5.82 Å². The predicted molar refractivity (Wildman–Crippen MR) is 57.5 cm³/mol. The molecule has 7 nitrogen and oxygen atoms in total. The van der Waals surface area contributed by atoms with Crippen LogP contribution in [0.25, 0.3) is 0 Å². The lowest BCUT2D eigenvalue weighted by Gasteiger charge is -1.97. The molecule has 0 fully saturated rings. The number of nitrogens with zero attached hydrogens (tertiary/aromatic N) is 6. The van der Waals surface area contributed by atoms with E-state index in [0.29, 0.717) is 12.4 Å². The zero-order valence-corrected chi connectivity index (χ0v) is 9.46. The first-order valence-corrected chi connectivity index (χ1v) is 5.24. The molecular weight excluding hydrogens is 206 g/mol. The van der Waals surface area contributed by atoms with Crippen LogP contribution in [0, 0.1) is 0 Å². The van der Waals surface area contributed by atoms with Crippen molar-refractivity contribution in [2.24, 2.45) is 7.05 Å². The van der Waals surface area contributed by atoms with Crippen molar-refractivity contribution < 1.29 is 0 Å². The van der Waals surface area contributed by atoms with E-state index in [1.807, 2.05) is 16.9 Å². The molecule has 0 aliphatic rings. The molecule has 0 saturated carbocycles. The van der Waals surface area contributed by atoms with Crippen molar-refractivity contribution in [3.63, 3.8) is 0 Å². The number of rotatable bonds is 5. The van der Waals surface area contributed by atoms with Crippen molar-refractivity contribution in [2.45, 2.75) is 20.0 Å². The Morgan fingerprint density at radius 3 is 2.94 bits per heavy atom. The molecule has 2 aromatic heterocycles. The Kier molecular flexibility index (Phi) is 3.25. The van der Waals surface area contributed by atoms with E-state index in [9.17, 15) is 0 Å². The quantitative estimate of drug-likeness (QED) is 0.741. The SMILES string of the molecule is CCNCc1ccn(Cc2nnn(C)n2)n1. The molecule has 0 aliphatic heterocycles. The molecule has 0 amide bonds. The summed E-state index contributed by atoms with van der Waals surface area (Å²) in [5.41, 5.74) is 1.02. The molecule has 86 valence electrons. The third-order valence-electron chi connectivity index (χ3n) is 2.11. The van der Waals surface area contributed by atoms with Gasteiger partial charge in [-0.25, -0.2) is 0 Å². The van der Waals surface area contributed by atoms with Crippen molar-refractivity contribution >= 4 is 0 Å². The van der Waals surface area contributed by atoms with Gasteiger partial charge >= 0.3 is 0 Å². The van der Waals surface area contributed by atoms with Crippen LogP contribution in [0.3, 0.4) is 0 Å². The van der Waals surface area contributed by atoms with E-state index in [1.165, 1.54) is 4.80 Å². The second kappa shape index (κ2) is 4.84. The Labute approximate surface area is 93.5 Å². The first-order chi connectivity index (χ1) is 7.78. The summed E-state index contributed by atoms with van der Waals surface area (Å²) in [6.45, 7) is 4.36. The number of nitrogens with one attached hydrogen (secondary N) is 1. The standard InChI is InChI=1S/C9H15N7/c1-3-10-6-8-4-5-16(12-8)7-9-11-14-15(2)13-9/h4-5,10H,3,6-7H2,1-2H3. The molecule has 0 spiro atoms. The Bertz CT molecular complexity index is 444. The van der Waals surface area contributed by atoms with Crippen LogP contribution in [0.1, 0.15) is 18.4 Å². The maximum absolute atomic E-state index is 4.39. The van der Waals surface area contributed by atoms with E-state index < -0.39 is 0 Å². The largest absolute Gasteiger partial charge is 0.311 e. The van der Waals surface area contributed by atoms with Crippen molar-refractivity contribution in [3.05, 3.63) is 23.8 Å². The van der Waals surface area contributed by atoms with Crippen LogP contribution >= 0.6 is 0 Å². The molecule has 0 unspecified atom stereocenters. The van der Waals surface area contributed by atoms with E-state index in [2.05, 4.69) is 32.7 Å². The fraction of sp³-hybridized carbons (Fsp3) is 0.556. The van der Waals surface area contributed by atoms with Gasteiger partial charge in [-0.2, -0.15) is 9.90 Å². The number of aromatic nitrogens is 6. The summed E-state index contributed by atoms with van der Waals surface area (Å²) in [4.78, 5) is 1.44. The molecule has 0 bridgehead atoms. The molecule has 0 aliphatic carbocycles. The lowest BCUT2D eigenvalue weighted by molar-refractivity contribution is 0.609. The first-order valence-electron chi connectivity index (χ1n) is 5.24. The zero-order chi connectivity index (χ0) is 11.4. The van der Waals surface area contributed by atoms with Crippen LogP contribution in [0.5, 0.6) is 0 Å². The van der Waals surface area contributed by atoms with Gasteiger partial charge in [-0.15, -0.1) is 10.2 Å².